The highest BCUT2D eigenvalue weighted by Gasteiger charge is 2.85. The van der Waals surface area contributed by atoms with Gasteiger partial charge in [0.15, 0.2) is 23.1 Å². The van der Waals surface area contributed by atoms with Gasteiger partial charge in [0.1, 0.15) is 29.1 Å². The lowest BCUT2D eigenvalue weighted by Gasteiger charge is -2.28. The van der Waals surface area contributed by atoms with E-state index in [9.17, 15) is 14.5 Å². The van der Waals surface area contributed by atoms with E-state index in [0.29, 0.717) is 0 Å². The number of nitrogen functional groups attached to an aromatic ring is 1. The van der Waals surface area contributed by atoms with Gasteiger partial charge in [0, 0.05) is 6.42 Å². The van der Waals surface area contributed by atoms with Crippen LogP contribution in [0.5, 0.6) is 11.6 Å². The molecular formula is C29H38FN6O8P. The zero-order valence-corrected chi connectivity index (χ0v) is 26.2. The molecule has 2 aromatic heterocycles. The number of rotatable bonds is 12. The van der Waals surface area contributed by atoms with Gasteiger partial charge in [-0.2, -0.15) is 15.1 Å². The fourth-order valence-electron chi connectivity index (χ4n) is 6.13. The quantitative estimate of drug-likeness (QED) is 0.190. The zero-order valence-electron chi connectivity index (χ0n) is 25.3. The second-order valence-corrected chi connectivity index (χ2v) is 13.6. The van der Waals surface area contributed by atoms with Crippen LogP contribution >= 0.6 is 7.75 Å². The zero-order chi connectivity index (χ0) is 32.0. The number of ether oxygens (including phenoxy) is 3. The maximum atomic E-state index is 16.5. The molecule has 4 N–H and O–H groups in total. The number of carbonyl (C=O) groups is 1. The van der Waals surface area contributed by atoms with Gasteiger partial charge in [-0.05, 0) is 58.6 Å². The molecular weight excluding hydrogens is 610 g/mol. The summed E-state index contributed by atoms with van der Waals surface area (Å²) in [5, 5.41) is 14.2. The topological polar surface area (TPSA) is 182 Å². The molecule has 0 bridgehead atoms. The van der Waals surface area contributed by atoms with Gasteiger partial charge in [-0.3, -0.25) is 13.9 Å². The number of alkyl halides is 1. The first-order chi connectivity index (χ1) is 21.4. The van der Waals surface area contributed by atoms with E-state index >= 15 is 4.39 Å². The second-order valence-electron chi connectivity index (χ2n) is 11.9. The molecule has 1 aliphatic heterocycles. The molecule has 2 saturated carbocycles. The van der Waals surface area contributed by atoms with E-state index in [0.717, 1.165) is 32.1 Å². The van der Waals surface area contributed by atoms with Crippen LogP contribution in [0, 0.1) is 0 Å². The smallest absolute Gasteiger partial charge is 0.459 e. The largest absolute Gasteiger partial charge is 0.476 e. The van der Waals surface area contributed by atoms with Crippen LogP contribution in [0.2, 0.25) is 0 Å². The first-order valence-corrected chi connectivity index (χ1v) is 16.6. The van der Waals surface area contributed by atoms with Crippen LogP contribution in [0.1, 0.15) is 65.5 Å². The third kappa shape index (κ3) is 5.76. The molecule has 14 nitrogen and oxygen atoms in total. The molecule has 3 aromatic rings. The Morgan fingerprint density at radius 2 is 2.00 bits per heavy atom. The van der Waals surface area contributed by atoms with Gasteiger partial charge in [-0.25, -0.2) is 13.9 Å². The normalized spacial score (nSPS) is 29.9. The Hall–Kier alpha value is -3.36. The number of carbonyl (C=O) groups excluding carboxylic acids is 1. The van der Waals surface area contributed by atoms with Crippen LogP contribution < -0.4 is 20.1 Å². The number of nitrogens with one attached hydrogen (secondary N) is 1. The first kappa shape index (κ1) is 31.6. The molecule has 3 fully saturated rings. The van der Waals surface area contributed by atoms with E-state index in [1.54, 1.807) is 37.3 Å². The van der Waals surface area contributed by atoms with Gasteiger partial charge in [0.05, 0.1) is 19.5 Å². The predicted molar refractivity (Wildman–Crippen MR) is 159 cm³/mol. The van der Waals surface area contributed by atoms with Gasteiger partial charge in [0.2, 0.25) is 11.8 Å². The van der Waals surface area contributed by atoms with E-state index in [1.807, 2.05) is 0 Å². The summed E-state index contributed by atoms with van der Waals surface area (Å²) < 4.78 is 60.9. The Labute approximate surface area is 259 Å². The van der Waals surface area contributed by atoms with Gasteiger partial charge in [-0.1, -0.05) is 24.6 Å². The van der Waals surface area contributed by atoms with Crippen LogP contribution in [0.3, 0.4) is 0 Å². The number of benzene rings is 1. The maximum absolute atomic E-state index is 16.5. The molecule has 2 aliphatic carbocycles. The SMILES string of the molecule is CCOc1nc(N)nc2c1ncn2[C@@H]1O[C@@]2(COP(=O)(NC(C)C(=O)OC3CCCCC3)Oc3ccccc3)C[C@]2(O)[C@@]1(C)F. The molecule has 6 atom stereocenters. The van der Waals surface area contributed by atoms with Crippen LogP contribution in [-0.2, 0) is 23.4 Å². The number of imidazole rings is 1. The van der Waals surface area contributed by atoms with E-state index in [4.69, 9.17) is 29.0 Å². The van der Waals surface area contributed by atoms with Gasteiger partial charge < -0.3 is 29.6 Å². The number of nitrogens with zero attached hydrogens (tertiary/aromatic N) is 4. The number of aliphatic hydroxyl groups is 1. The number of aromatic nitrogens is 4. The lowest BCUT2D eigenvalue weighted by molar-refractivity contribution is -0.152. The van der Waals surface area contributed by atoms with Crippen LogP contribution in [0.25, 0.3) is 11.2 Å². The van der Waals surface area contributed by atoms with E-state index in [2.05, 4.69) is 20.0 Å². The minimum Gasteiger partial charge on any atom is -0.476 e. The summed E-state index contributed by atoms with van der Waals surface area (Å²) in [6, 6.07) is 7.19. The van der Waals surface area contributed by atoms with E-state index < -0.39 is 49.5 Å². The lowest BCUT2D eigenvalue weighted by atomic mass is 9.96. The number of fused-ring (bicyclic) bond motifs is 2. The maximum Gasteiger partial charge on any atom is 0.459 e. The number of halogens is 1. The summed E-state index contributed by atoms with van der Waals surface area (Å²) in [7, 11) is -4.32. The molecule has 0 spiro atoms. The van der Waals surface area contributed by atoms with Crippen molar-refractivity contribution in [2.45, 2.75) is 94.5 Å². The third-order valence-corrected chi connectivity index (χ3v) is 10.3. The highest BCUT2D eigenvalue weighted by Crippen LogP contribution is 2.69. The molecule has 3 heterocycles. The molecule has 3 aliphatic rings. The Balaban J connectivity index is 1.23. The van der Waals surface area contributed by atoms with Crippen molar-refractivity contribution in [1.29, 1.82) is 0 Å². The molecule has 0 amide bonds. The monoisotopic (exact) mass is 648 g/mol. The predicted octanol–water partition coefficient (Wildman–Crippen LogP) is 4.00. The molecule has 45 heavy (non-hydrogen) atoms. The van der Waals surface area contributed by atoms with Crippen molar-refractivity contribution in [2.75, 3.05) is 18.9 Å². The van der Waals surface area contributed by atoms with E-state index in [1.165, 1.54) is 24.7 Å². The summed E-state index contributed by atoms with van der Waals surface area (Å²) >= 11 is 0. The van der Waals surface area contributed by atoms with Crippen molar-refractivity contribution in [2.24, 2.45) is 0 Å². The van der Waals surface area contributed by atoms with Crippen molar-refractivity contribution in [1.82, 2.24) is 24.6 Å². The number of nitrogens with two attached hydrogens (primary N) is 1. The fraction of sp³-hybridized carbons (Fsp3) is 0.586. The molecule has 1 saturated heterocycles. The van der Waals surface area contributed by atoms with E-state index in [-0.39, 0.29) is 47.9 Å². The number of para-hydroxylation sites is 1. The number of anilines is 1. The summed E-state index contributed by atoms with van der Waals surface area (Å²) in [6.45, 7) is 4.22. The first-order valence-electron chi connectivity index (χ1n) is 15.1. The average molecular weight is 649 g/mol. The highest BCUT2D eigenvalue weighted by atomic mass is 31.2. The van der Waals surface area contributed by atoms with Gasteiger partial charge in [-0.15, -0.1) is 0 Å². The van der Waals surface area contributed by atoms with Crippen molar-refractivity contribution in [3.05, 3.63) is 36.7 Å². The van der Waals surface area contributed by atoms with Crippen molar-refractivity contribution in [3.63, 3.8) is 0 Å². The molecule has 0 radical (unpaired) electrons. The van der Waals surface area contributed by atoms with Crippen LogP contribution in [-0.4, -0.2) is 72.8 Å². The summed E-state index contributed by atoms with van der Waals surface area (Å²) in [5.41, 5.74) is 0.258. The Kier molecular flexibility index (Phi) is 8.27. The Morgan fingerprint density at radius 3 is 2.71 bits per heavy atom. The molecule has 1 aromatic carbocycles. The number of hydrogen-bond acceptors (Lipinski definition) is 12. The van der Waals surface area contributed by atoms with Crippen molar-refractivity contribution < 1.29 is 42.1 Å². The average Bonchev–Trinajstić information content (AvgIpc) is 3.32. The number of hydrogen-bond donors (Lipinski definition) is 3. The van der Waals surface area contributed by atoms with Gasteiger partial charge in [0.25, 0.3) is 0 Å². The molecule has 6 rings (SSSR count). The molecule has 16 heteroatoms. The van der Waals surface area contributed by atoms with Crippen LogP contribution in [0.15, 0.2) is 36.7 Å². The minimum absolute atomic E-state index is 0.116. The second kappa shape index (κ2) is 11.8. The lowest BCUT2D eigenvalue weighted by Crippen LogP contribution is -2.43. The third-order valence-electron chi connectivity index (χ3n) is 8.70. The summed E-state index contributed by atoms with van der Waals surface area (Å²) in [6.07, 6.45) is 4.11. The summed E-state index contributed by atoms with van der Waals surface area (Å²) in [4.78, 5) is 25.5. The van der Waals surface area contributed by atoms with Gasteiger partial charge >= 0.3 is 13.7 Å². The standard InChI is InChI=1S/C29H38FN6O8P/c1-4-40-23-21-22(33-26(31)34-23)36(17-32-21)25-27(3,30)29(38)15-28(29,43-25)16-41-45(39,44-20-13-9-6-10-14-20)35-18(2)24(37)42-19-11-7-5-8-12-19/h6,9-10,13-14,17-19,25,38H,4-5,7-8,11-12,15-16H2,1-3H3,(H,35,39)(H2,31,33,34)/t18?,25-,27+,28-,29+,45?/m1/s1. The summed E-state index contributed by atoms with van der Waals surface area (Å²) in [5.74, 6) is -0.385. The van der Waals surface area contributed by atoms with Crippen molar-refractivity contribution >= 4 is 30.8 Å². The number of esters is 1. The molecule has 2 unspecified atom stereocenters. The van der Waals surface area contributed by atoms with Crippen molar-refractivity contribution in [3.8, 4) is 11.6 Å². The fourth-order valence-corrected chi connectivity index (χ4v) is 7.67. The molecule has 244 valence electrons. The highest BCUT2D eigenvalue weighted by molar-refractivity contribution is 7.52. The Bertz CT molecular complexity index is 1600. The Morgan fingerprint density at radius 1 is 1.27 bits per heavy atom. The van der Waals surface area contributed by atoms with Crippen LogP contribution in [0.4, 0.5) is 10.3 Å². The minimum atomic E-state index is -4.32.